The van der Waals surface area contributed by atoms with Crippen LogP contribution in [-0.2, 0) is 0 Å². The molecule has 29 heavy (non-hydrogen) atoms. The molecule has 4 rings (SSSR count). The molecular formula is C23H24N4OS. The molecule has 5 nitrogen and oxygen atoms in total. The minimum absolute atomic E-state index is 0.119. The Kier molecular flexibility index (Phi) is 4.96. The molecule has 1 heterocycles. The first-order valence-electron chi connectivity index (χ1n) is 9.51. The van der Waals surface area contributed by atoms with Crippen molar-refractivity contribution in [2.45, 2.75) is 37.3 Å². The normalized spacial score (nSPS) is 11.7. The van der Waals surface area contributed by atoms with Crippen LogP contribution < -0.4 is 5.32 Å². The van der Waals surface area contributed by atoms with E-state index in [4.69, 9.17) is 0 Å². The predicted octanol–water partition coefficient (Wildman–Crippen LogP) is 6.07. The lowest BCUT2D eigenvalue weighted by Gasteiger charge is -2.17. The summed E-state index contributed by atoms with van der Waals surface area (Å²) in [4.78, 5) is 2.64. The van der Waals surface area contributed by atoms with E-state index in [0.717, 1.165) is 32.9 Å². The molecule has 148 valence electrons. The summed E-state index contributed by atoms with van der Waals surface area (Å²) in [6, 6.07) is 19.5. The highest BCUT2D eigenvalue weighted by Crippen LogP contribution is 2.33. The van der Waals surface area contributed by atoms with Crippen molar-refractivity contribution in [2.75, 3.05) is 5.32 Å². The summed E-state index contributed by atoms with van der Waals surface area (Å²) in [6.07, 6.45) is 0. The smallest absolute Gasteiger partial charge is 0.145 e. The number of anilines is 2. The summed E-state index contributed by atoms with van der Waals surface area (Å²) in [7, 11) is 0. The second-order valence-corrected chi connectivity index (χ2v) is 9.90. The maximum atomic E-state index is 10.6. The number of phenols is 1. The molecule has 3 aromatic carbocycles. The average molecular weight is 405 g/mol. The van der Waals surface area contributed by atoms with Crippen LogP contribution in [0.15, 0.2) is 65.6 Å². The lowest BCUT2D eigenvalue weighted by molar-refractivity contribution is 0.468. The number of rotatable bonds is 4. The van der Waals surface area contributed by atoms with Crippen molar-refractivity contribution < 1.29 is 5.11 Å². The number of benzene rings is 3. The number of aromatic nitrogens is 3. The van der Waals surface area contributed by atoms with E-state index in [1.807, 2.05) is 55.5 Å². The van der Waals surface area contributed by atoms with Gasteiger partial charge in [-0.1, -0.05) is 39.0 Å². The first-order chi connectivity index (χ1) is 13.8. The molecular weight excluding hydrogens is 380 g/mol. The number of thioether (sulfide) groups is 1. The molecule has 0 amide bonds. The van der Waals surface area contributed by atoms with Crippen LogP contribution in [0.5, 0.6) is 5.75 Å². The first kappa shape index (κ1) is 19.3. The van der Waals surface area contributed by atoms with Crippen LogP contribution >= 0.6 is 11.8 Å². The van der Waals surface area contributed by atoms with Crippen LogP contribution in [0.4, 0.5) is 11.4 Å². The van der Waals surface area contributed by atoms with E-state index < -0.39 is 0 Å². The Morgan fingerprint density at radius 3 is 2.41 bits per heavy atom. The molecule has 4 aromatic rings. The van der Waals surface area contributed by atoms with E-state index in [-0.39, 0.29) is 10.5 Å². The number of hydrogen-bond donors (Lipinski definition) is 2. The summed E-state index contributed by atoms with van der Waals surface area (Å²) in [5.74, 6) is 0.119. The van der Waals surface area contributed by atoms with Gasteiger partial charge in [-0.3, -0.25) is 0 Å². The molecule has 0 bridgehead atoms. The number of phenolic OH excluding ortho intramolecular Hbond substituents is 1. The number of aromatic hydroxyl groups is 1. The molecule has 0 spiro atoms. The summed E-state index contributed by atoms with van der Waals surface area (Å²) in [6.45, 7) is 8.60. The lowest BCUT2D eigenvalue weighted by Crippen LogP contribution is -2.06. The minimum atomic E-state index is 0.119. The van der Waals surface area contributed by atoms with E-state index in [0.29, 0.717) is 5.69 Å². The Morgan fingerprint density at radius 1 is 0.931 bits per heavy atom. The molecule has 0 saturated carbocycles. The highest BCUT2D eigenvalue weighted by Gasteiger charge is 2.14. The van der Waals surface area contributed by atoms with Crippen molar-refractivity contribution in [1.82, 2.24) is 15.0 Å². The number of fused-ring (bicyclic) bond motifs is 1. The molecule has 6 heteroatoms. The number of aryl methyl sites for hydroxylation is 1. The molecule has 0 aliphatic carbocycles. The van der Waals surface area contributed by atoms with Gasteiger partial charge in [0.25, 0.3) is 0 Å². The molecule has 0 fully saturated rings. The van der Waals surface area contributed by atoms with Crippen LogP contribution in [0.3, 0.4) is 0 Å². The fourth-order valence-corrected chi connectivity index (χ4v) is 4.07. The van der Waals surface area contributed by atoms with E-state index >= 15 is 0 Å². The van der Waals surface area contributed by atoms with Gasteiger partial charge >= 0.3 is 0 Å². The van der Waals surface area contributed by atoms with Crippen molar-refractivity contribution in [3.05, 3.63) is 66.2 Å². The second kappa shape index (κ2) is 7.44. The third-order valence-corrected chi connectivity index (χ3v) is 5.49. The Labute approximate surface area is 174 Å². The van der Waals surface area contributed by atoms with Gasteiger partial charge in [0.05, 0.1) is 0 Å². The van der Waals surface area contributed by atoms with Crippen LogP contribution in [0.2, 0.25) is 0 Å². The Hall–Kier alpha value is -2.99. The van der Waals surface area contributed by atoms with Crippen LogP contribution in [0.1, 0.15) is 26.3 Å². The Balaban J connectivity index is 1.62. The highest BCUT2D eigenvalue weighted by molar-refractivity contribution is 8.00. The summed E-state index contributed by atoms with van der Waals surface area (Å²) in [5.41, 5.74) is 5.10. The van der Waals surface area contributed by atoms with Gasteiger partial charge in [0.1, 0.15) is 22.5 Å². The SMILES string of the molecule is Cc1ccccc1Nc1ccc(-n2nc3ccc(SC(C)(C)C)cc3n2)c(O)c1. The number of nitrogens with one attached hydrogen (secondary N) is 1. The van der Waals surface area contributed by atoms with Gasteiger partial charge in [0, 0.05) is 27.1 Å². The number of nitrogens with zero attached hydrogens (tertiary/aromatic N) is 3. The topological polar surface area (TPSA) is 63.0 Å². The van der Waals surface area contributed by atoms with Crippen LogP contribution in [0.25, 0.3) is 16.7 Å². The average Bonchev–Trinajstić information content (AvgIpc) is 3.05. The van der Waals surface area contributed by atoms with Gasteiger partial charge in [-0.15, -0.1) is 26.8 Å². The second-order valence-electron chi connectivity index (χ2n) is 8.00. The van der Waals surface area contributed by atoms with Gasteiger partial charge in [0.2, 0.25) is 0 Å². The van der Waals surface area contributed by atoms with Gasteiger partial charge in [-0.05, 0) is 48.9 Å². The molecule has 0 saturated heterocycles. The Morgan fingerprint density at radius 2 is 1.69 bits per heavy atom. The van der Waals surface area contributed by atoms with E-state index in [1.54, 1.807) is 17.8 Å². The maximum Gasteiger partial charge on any atom is 0.145 e. The molecule has 0 unspecified atom stereocenters. The fourth-order valence-electron chi connectivity index (χ4n) is 3.06. The summed E-state index contributed by atoms with van der Waals surface area (Å²) in [5, 5.41) is 23.0. The molecule has 0 atom stereocenters. The van der Waals surface area contributed by atoms with Gasteiger partial charge in [0.15, 0.2) is 0 Å². The van der Waals surface area contributed by atoms with Crippen molar-refractivity contribution in [3.8, 4) is 11.4 Å². The zero-order valence-corrected chi connectivity index (χ0v) is 17.8. The van der Waals surface area contributed by atoms with Crippen molar-refractivity contribution in [2.24, 2.45) is 0 Å². The third-order valence-electron chi connectivity index (χ3n) is 4.39. The van der Waals surface area contributed by atoms with Crippen LogP contribution in [0, 0.1) is 6.92 Å². The van der Waals surface area contributed by atoms with E-state index in [1.165, 1.54) is 4.80 Å². The lowest BCUT2D eigenvalue weighted by atomic mass is 10.2. The molecule has 1 aromatic heterocycles. The van der Waals surface area contributed by atoms with Crippen molar-refractivity contribution >= 4 is 34.2 Å². The molecule has 0 radical (unpaired) electrons. The number of hydrogen-bond acceptors (Lipinski definition) is 5. The third kappa shape index (κ3) is 4.38. The molecule has 0 aliphatic rings. The molecule has 2 N–H and O–H groups in total. The van der Waals surface area contributed by atoms with E-state index in [2.05, 4.69) is 42.4 Å². The highest BCUT2D eigenvalue weighted by atomic mass is 32.2. The summed E-state index contributed by atoms with van der Waals surface area (Å²) < 4.78 is 0.127. The van der Waals surface area contributed by atoms with Crippen molar-refractivity contribution in [3.63, 3.8) is 0 Å². The predicted molar refractivity (Wildman–Crippen MR) is 121 cm³/mol. The Bertz CT molecular complexity index is 1180. The zero-order chi connectivity index (χ0) is 20.6. The largest absolute Gasteiger partial charge is 0.506 e. The van der Waals surface area contributed by atoms with Crippen molar-refractivity contribution in [1.29, 1.82) is 0 Å². The maximum absolute atomic E-state index is 10.6. The quantitative estimate of drug-likeness (QED) is 0.404. The van der Waals surface area contributed by atoms with Gasteiger partial charge < -0.3 is 10.4 Å². The standard InChI is InChI=1S/C23H24N4OS/c1-15-7-5-6-8-18(15)24-16-9-12-21(22(28)13-16)27-25-19-11-10-17(14-20(19)26-27)29-23(2,3)4/h5-14,24,28H,1-4H3. The minimum Gasteiger partial charge on any atom is -0.506 e. The van der Waals surface area contributed by atoms with Gasteiger partial charge in [-0.2, -0.15) is 0 Å². The van der Waals surface area contributed by atoms with Gasteiger partial charge in [-0.25, -0.2) is 0 Å². The number of para-hydroxylation sites is 1. The fraction of sp³-hybridized carbons (Fsp3) is 0.217. The summed E-state index contributed by atoms with van der Waals surface area (Å²) >= 11 is 1.79. The monoisotopic (exact) mass is 404 g/mol. The van der Waals surface area contributed by atoms with E-state index in [9.17, 15) is 5.11 Å². The first-order valence-corrected chi connectivity index (χ1v) is 10.3. The molecule has 0 aliphatic heterocycles. The van der Waals surface area contributed by atoms with Crippen LogP contribution in [-0.4, -0.2) is 24.8 Å². The zero-order valence-electron chi connectivity index (χ0n) is 17.0.